The predicted octanol–water partition coefficient (Wildman–Crippen LogP) is 6.84. The zero-order valence-corrected chi connectivity index (χ0v) is 17.6. The fraction of sp³-hybridized carbons (Fsp3) is 0.870. The van der Waals surface area contributed by atoms with Crippen LogP contribution in [0.4, 0.5) is 0 Å². The molecule has 1 rings (SSSR count). The molecule has 2 heteroatoms. The Morgan fingerprint density at radius 2 is 1.24 bits per heavy atom. The first-order chi connectivity index (χ1) is 12.3. The van der Waals surface area contributed by atoms with E-state index in [2.05, 4.69) is 42.3 Å². The topological polar surface area (TPSA) is 8.81 Å². The Labute approximate surface area is 158 Å². The second-order valence-corrected chi connectivity index (χ2v) is 7.74. The van der Waals surface area contributed by atoms with E-state index in [1.807, 2.05) is 0 Å². The standard InChI is InChI=1S/C23H45N2/c1-4-7-9-10-11-12-13-14-15-16-18-23-24(19-6-3)21-22-25(23)20-17-8-5-2/h21-22H,4-20H2,1-3H3/q+1. The summed E-state index contributed by atoms with van der Waals surface area (Å²) in [4.78, 5) is 0. The summed E-state index contributed by atoms with van der Waals surface area (Å²) in [7, 11) is 0. The minimum Gasteiger partial charge on any atom is -0.234 e. The summed E-state index contributed by atoms with van der Waals surface area (Å²) in [6, 6.07) is 0. The quantitative estimate of drug-likeness (QED) is 0.215. The molecule has 0 aliphatic heterocycles. The number of imidazole rings is 1. The maximum Gasteiger partial charge on any atom is 0.256 e. The van der Waals surface area contributed by atoms with Gasteiger partial charge in [-0.05, 0) is 25.7 Å². The molecule has 25 heavy (non-hydrogen) atoms. The molecule has 1 heterocycles. The van der Waals surface area contributed by atoms with Crippen molar-refractivity contribution >= 4 is 0 Å². The number of nitrogens with zero attached hydrogens (tertiary/aromatic N) is 2. The van der Waals surface area contributed by atoms with Gasteiger partial charge in [-0.1, -0.05) is 85.0 Å². The van der Waals surface area contributed by atoms with Crippen LogP contribution >= 0.6 is 0 Å². The minimum absolute atomic E-state index is 1.17. The summed E-state index contributed by atoms with van der Waals surface area (Å²) in [5.41, 5.74) is 0. The fourth-order valence-electron chi connectivity index (χ4n) is 3.74. The smallest absolute Gasteiger partial charge is 0.234 e. The molecular weight excluding hydrogens is 304 g/mol. The lowest BCUT2D eigenvalue weighted by molar-refractivity contribution is -0.703. The number of rotatable bonds is 17. The summed E-state index contributed by atoms with van der Waals surface area (Å²) >= 11 is 0. The number of aromatic nitrogens is 2. The van der Waals surface area contributed by atoms with Crippen molar-refractivity contribution in [2.24, 2.45) is 0 Å². The van der Waals surface area contributed by atoms with Crippen LogP contribution in [0.3, 0.4) is 0 Å². The van der Waals surface area contributed by atoms with Gasteiger partial charge < -0.3 is 0 Å². The van der Waals surface area contributed by atoms with Crippen LogP contribution in [0.5, 0.6) is 0 Å². The zero-order chi connectivity index (χ0) is 18.2. The maximum absolute atomic E-state index is 2.53. The molecule has 0 amide bonds. The van der Waals surface area contributed by atoms with Gasteiger partial charge in [-0.2, -0.15) is 0 Å². The van der Waals surface area contributed by atoms with Gasteiger partial charge in [0.05, 0.1) is 13.1 Å². The van der Waals surface area contributed by atoms with Crippen LogP contribution in [0.15, 0.2) is 12.4 Å². The molecule has 0 saturated carbocycles. The number of hydrogen-bond acceptors (Lipinski definition) is 0. The zero-order valence-electron chi connectivity index (χ0n) is 17.6. The third-order valence-corrected chi connectivity index (χ3v) is 5.31. The van der Waals surface area contributed by atoms with E-state index >= 15 is 0 Å². The van der Waals surface area contributed by atoms with Gasteiger partial charge in [0.1, 0.15) is 12.4 Å². The van der Waals surface area contributed by atoms with Crippen molar-refractivity contribution in [1.29, 1.82) is 0 Å². The number of unbranched alkanes of at least 4 members (excludes halogenated alkanes) is 11. The predicted molar refractivity (Wildman–Crippen MR) is 110 cm³/mol. The highest BCUT2D eigenvalue weighted by Gasteiger charge is 2.15. The van der Waals surface area contributed by atoms with Crippen molar-refractivity contribution in [1.82, 2.24) is 4.57 Å². The first kappa shape index (κ1) is 22.3. The van der Waals surface area contributed by atoms with Crippen molar-refractivity contribution < 1.29 is 4.57 Å². The van der Waals surface area contributed by atoms with E-state index in [0.29, 0.717) is 0 Å². The van der Waals surface area contributed by atoms with Crippen LogP contribution in [0.1, 0.15) is 116 Å². The SMILES string of the molecule is CCCCCCCCCCCCc1n(CCCCC)cc[n+]1CCC. The highest BCUT2D eigenvalue weighted by atomic mass is 15.1. The van der Waals surface area contributed by atoms with Crippen LogP contribution in [0.2, 0.25) is 0 Å². The molecule has 0 N–H and O–H groups in total. The molecule has 0 fully saturated rings. The lowest BCUT2D eigenvalue weighted by Gasteiger charge is -2.05. The molecular formula is C23H45N2+. The van der Waals surface area contributed by atoms with Crippen LogP contribution in [0, 0.1) is 0 Å². The van der Waals surface area contributed by atoms with E-state index in [1.54, 1.807) is 5.82 Å². The normalized spacial score (nSPS) is 11.3. The van der Waals surface area contributed by atoms with Gasteiger partial charge in [0.2, 0.25) is 0 Å². The molecule has 2 nitrogen and oxygen atoms in total. The minimum atomic E-state index is 1.17. The summed E-state index contributed by atoms with van der Waals surface area (Å²) < 4.78 is 5.03. The molecule has 0 saturated heterocycles. The van der Waals surface area contributed by atoms with Gasteiger partial charge in [-0.25, -0.2) is 9.13 Å². The number of hydrogen-bond donors (Lipinski definition) is 0. The van der Waals surface area contributed by atoms with Crippen molar-refractivity contribution in [2.75, 3.05) is 0 Å². The van der Waals surface area contributed by atoms with Gasteiger partial charge in [0.25, 0.3) is 5.82 Å². The molecule has 0 radical (unpaired) electrons. The molecule has 0 aromatic carbocycles. The van der Waals surface area contributed by atoms with Crippen molar-refractivity contribution in [2.45, 2.75) is 130 Å². The largest absolute Gasteiger partial charge is 0.256 e. The second-order valence-electron chi connectivity index (χ2n) is 7.74. The van der Waals surface area contributed by atoms with Gasteiger partial charge in [-0.3, -0.25) is 0 Å². The summed E-state index contributed by atoms with van der Waals surface area (Å²) in [5, 5.41) is 0. The van der Waals surface area contributed by atoms with E-state index in [1.165, 1.54) is 109 Å². The first-order valence-corrected chi connectivity index (χ1v) is 11.4. The van der Waals surface area contributed by atoms with Crippen LogP contribution < -0.4 is 4.57 Å². The van der Waals surface area contributed by atoms with E-state index in [-0.39, 0.29) is 0 Å². The van der Waals surface area contributed by atoms with Crippen LogP contribution in [-0.2, 0) is 19.5 Å². The molecule has 0 atom stereocenters. The van der Waals surface area contributed by atoms with E-state index in [0.717, 1.165) is 0 Å². The molecule has 0 unspecified atom stereocenters. The molecule has 146 valence electrons. The van der Waals surface area contributed by atoms with Gasteiger partial charge in [0.15, 0.2) is 0 Å². The monoisotopic (exact) mass is 349 g/mol. The Hall–Kier alpha value is -0.790. The van der Waals surface area contributed by atoms with Crippen molar-refractivity contribution in [3.05, 3.63) is 18.2 Å². The lowest BCUT2D eigenvalue weighted by atomic mass is 10.1. The van der Waals surface area contributed by atoms with Crippen molar-refractivity contribution in [3.8, 4) is 0 Å². The van der Waals surface area contributed by atoms with Crippen LogP contribution in [-0.4, -0.2) is 4.57 Å². The average molecular weight is 350 g/mol. The molecule has 0 spiro atoms. The first-order valence-electron chi connectivity index (χ1n) is 11.4. The van der Waals surface area contributed by atoms with Gasteiger partial charge in [0, 0.05) is 6.42 Å². The van der Waals surface area contributed by atoms with Crippen molar-refractivity contribution in [3.63, 3.8) is 0 Å². The number of aryl methyl sites for hydroxylation is 2. The summed E-state index contributed by atoms with van der Waals surface area (Å²) in [5.74, 6) is 1.57. The molecule has 0 aliphatic carbocycles. The highest BCUT2D eigenvalue weighted by molar-refractivity contribution is 4.84. The third kappa shape index (κ3) is 10.1. The lowest BCUT2D eigenvalue weighted by Crippen LogP contribution is -2.37. The van der Waals surface area contributed by atoms with E-state index < -0.39 is 0 Å². The summed E-state index contributed by atoms with van der Waals surface area (Å²) in [6.45, 7) is 9.25. The Kier molecular flexibility index (Phi) is 13.8. The Balaban J connectivity index is 2.22. The Bertz CT molecular complexity index is 408. The second kappa shape index (κ2) is 15.5. The average Bonchev–Trinajstić information content (AvgIpc) is 2.99. The highest BCUT2D eigenvalue weighted by Crippen LogP contribution is 2.12. The molecule has 1 aromatic rings. The van der Waals surface area contributed by atoms with Crippen LogP contribution in [0.25, 0.3) is 0 Å². The molecule has 0 aliphatic rings. The summed E-state index contributed by atoms with van der Waals surface area (Å²) in [6.07, 6.45) is 25.3. The van der Waals surface area contributed by atoms with Gasteiger partial charge in [-0.15, -0.1) is 0 Å². The Morgan fingerprint density at radius 1 is 0.680 bits per heavy atom. The molecule has 0 bridgehead atoms. The Morgan fingerprint density at radius 3 is 1.84 bits per heavy atom. The van der Waals surface area contributed by atoms with E-state index in [9.17, 15) is 0 Å². The maximum atomic E-state index is 2.53. The van der Waals surface area contributed by atoms with E-state index in [4.69, 9.17) is 0 Å². The van der Waals surface area contributed by atoms with Gasteiger partial charge >= 0.3 is 0 Å². The molecule has 1 aromatic heterocycles. The third-order valence-electron chi connectivity index (χ3n) is 5.31. The fourth-order valence-corrected chi connectivity index (χ4v) is 3.74.